The van der Waals surface area contributed by atoms with Crippen molar-refractivity contribution in [1.82, 2.24) is 4.90 Å². The molecule has 5 heteroatoms. The molecular weight excluding hydrogens is 280 g/mol. The van der Waals surface area contributed by atoms with Gasteiger partial charge in [0.2, 0.25) is 5.91 Å². The molecule has 2 aliphatic heterocycles. The van der Waals surface area contributed by atoms with E-state index < -0.39 is 0 Å². The number of rotatable bonds is 4. The lowest BCUT2D eigenvalue weighted by molar-refractivity contribution is -0.130. The topological polar surface area (TPSA) is 49.9 Å². The second-order valence-electron chi connectivity index (χ2n) is 6.00. The monoisotopic (exact) mass is 302 g/mol. The van der Waals surface area contributed by atoms with E-state index in [-0.39, 0.29) is 18.4 Å². The second kappa shape index (κ2) is 6.38. The summed E-state index contributed by atoms with van der Waals surface area (Å²) in [5, 5.41) is 0. The summed E-state index contributed by atoms with van der Waals surface area (Å²) in [7, 11) is 0. The Hall–Kier alpha value is -2.04. The number of benzene rings is 1. The van der Waals surface area contributed by atoms with E-state index in [0.29, 0.717) is 19.4 Å². The molecule has 0 bridgehead atoms. The van der Waals surface area contributed by atoms with Crippen molar-refractivity contribution in [1.29, 1.82) is 0 Å². The van der Waals surface area contributed by atoms with Crippen LogP contribution in [-0.4, -0.2) is 43.0 Å². The van der Waals surface area contributed by atoms with E-state index in [4.69, 9.17) is 4.74 Å². The zero-order valence-corrected chi connectivity index (χ0v) is 13.0. The lowest BCUT2D eigenvalue weighted by atomic mass is 10.1. The maximum atomic E-state index is 12.1. The van der Waals surface area contributed by atoms with Crippen LogP contribution in [0.2, 0.25) is 0 Å². The van der Waals surface area contributed by atoms with Crippen molar-refractivity contribution in [2.24, 2.45) is 0 Å². The number of amides is 2. The summed E-state index contributed by atoms with van der Waals surface area (Å²) in [4.78, 5) is 27.8. The van der Waals surface area contributed by atoms with Gasteiger partial charge in [-0.15, -0.1) is 0 Å². The highest BCUT2D eigenvalue weighted by atomic mass is 16.5. The zero-order valence-electron chi connectivity index (χ0n) is 13.0. The third-order valence-electron chi connectivity index (χ3n) is 4.29. The molecule has 1 fully saturated rings. The van der Waals surface area contributed by atoms with E-state index in [1.54, 1.807) is 4.90 Å². The normalized spacial score (nSPS) is 17.4. The van der Waals surface area contributed by atoms with Crippen molar-refractivity contribution in [2.45, 2.75) is 32.6 Å². The number of hydrogen-bond acceptors (Lipinski definition) is 3. The Morgan fingerprint density at radius 1 is 1.27 bits per heavy atom. The predicted molar refractivity (Wildman–Crippen MR) is 84.1 cm³/mol. The second-order valence-corrected chi connectivity index (χ2v) is 6.00. The number of ether oxygens (including phenoxy) is 1. The van der Waals surface area contributed by atoms with Crippen LogP contribution in [0, 0.1) is 6.92 Å². The van der Waals surface area contributed by atoms with Crippen LogP contribution in [0.3, 0.4) is 0 Å². The van der Waals surface area contributed by atoms with E-state index >= 15 is 0 Å². The maximum absolute atomic E-state index is 12.1. The summed E-state index contributed by atoms with van der Waals surface area (Å²) >= 11 is 0. The summed E-state index contributed by atoms with van der Waals surface area (Å²) < 4.78 is 5.49. The molecule has 0 aliphatic carbocycles. The Balaban J connectivity index is 1.60. The first kappa shape index (κ1) is 14.9. The number of anilines is 1. The minimum absolute atomic E-state index is 0.0371. The zero-order chi connectivity index (χ0) is 15.5. The van der Waals surface area contributed by atoms with Gasteiger partial charge in [0.15, 0.2) is 6.61 Å². The predicted octanol–water partition coefficient (Wildman–Crippen LogP) is 2.12. The Bertz CT molecular complexity index is 579. The smallest absolute Gasteiger partial charge is 0.265 e. The van der Waals surface area contributed by atoms with Gasteiger partial charge >= 0.3 is 0 Å². The molecular formula is C17H22N2O3. The number of carbonyl (C=O) groups excluding carboxylic acids is 2. The summed E-state index contributed by atoms with van der Waals surface area (Å²) in [5.74, 6) is 0.929. The van der Waals surface area contributed by atoms with Crippen LogP contribution in [-0.2, 0) is 9.59 Å². The highest BCUT2D eigenvalue weighted by Crippen LogP contribution is 2.32. The fourth-order valence-corrected chi connectivity index (χ4v) is 3.07. The largest absolute Gasteiger partial charge is 0.482 e. The van der Waals surface area contributed by atoms with Crippen molar-refractivity contribution in [3.8, 4) is 5.75 Å². The third-order valence-corrected chi connectivity index (χ3v) is 4.29. The molecule has 0 radical (unpaired) electrons. The van der Waals surface area contributed by atoms with Crippen LogP contribution in [0.15, 0.2) is 18.2 Å². The molecule has 3 rings (SSSR count). The van der Waals surface area contributed by atoms with Gasteiger partial charge in [-0.2, -0.15) is 0 Å². The molecule has 2 aliphatic rings. The number of carbonyl (C=O) groups is 2. The summed E-state index contributed by atoms with van der Waals surface area (Å²) in [6, 6.07) is 5.84. The van der Waals surface area contributed by atoms with Gasteiger partial charge in [0.25, 0.3) is 5.91 Å². The molecule has 1 aromatic carbocycles. The molecule has 1 saturated heterocycles. The first-order valence-electron chi connectivity index (χ1n) is 7.97. The number of aryl methyl sites for hydroxylation is 1. The van der Waals surface area contributed by atoms with Crippen molar-refractivity contribution < 1.29 is 14.3 Å². The average Bonchev–Trinajstić information content (AvgIpc) is 3.04. The molecule has 1 aromatic rings. The molecule has 118 valence electrons. The Morgan fingerprint density at radius 3 is 2.82 bits per heavy atom. The van der Waals surface area contributed by atoms with Crippen LogP contribution in [0.1, 0.15) is 31.2 Å². The molecule has 5 nitrogen and oxygen atoms in total. The minimum Gasteiger partial charge on any atom is -0.482 e. The van der Waals surface area contributed by atoms with Gasteiger partial charge in [-0.05, 0) is 43.9 Å². The van der Waals surface area contributed by atoms with Gasteiger partial charge in [-0.3, -0.25) is 9.59 Å². The summed E-state index contributed by atoms with van der Waals surface area (Å²) in [6.07, 6.45) is 3.42. The fourth-order valence-electron chi connectivity index (χ4n) is 3.07. The number of likely N-dealkylation sites (tertiary alicyclic amines) is 1. The minimum atomic E-state index is -0.0371. The van der Waals surface area contributed by atoms with Gasteiger partial charge in [-0.25, -0.2) is 0 Å². The SMILES string of the molecule is Cc1ccc2c(c1)OCC(=O)N2CCCC(=O)N1CCCC1. The Kier molecular flexibility index (Phi) is 4.32. The molecule has 0 N–H and O–H groups in total. The van der Waals surface area contributed by atoms with Crippen molar-refractivity contribution in [3.63, 3.8) is 0 Å². The Morgan fingerprint density at radius 2 is 2.05 bits per heavy atom. The fraction of sp³-hybridized carbons (Fsp3) is 0.529. The van der Waals surface area contributed by atoms with E-state index in [1.165, 1.54) is 0 Å². The molecule has 0 atom stereocenters. The van der Waals surface area contributed by atoms with Gasteiger partial charge in [0.05, 0.1) is 5.69 Å². The lowest BCUT2D eigenvalue weighted by Gasteiger charge is -2.29. The van der Waals surface area contributed by atoms with E-state index in [1.807, 2.05) is 30.0 Å². The maximum Gasteiger partial charge on any atom is 0.265 e. The highest BCUT2D eigenvalue weighted by Gasteiger charge is 2.25. The highest BCUT2D eigenvalue weighted by molar-refractivity contribution is 5.97. The standard InChI is InChI=1S/C17H22N2O3/c1-13-6-7-14-15(11-13)22-12-17(21)19(14)10-4-5-16(20)18-8-2-3-9-18/h6-7,11H,2-5,8-10,12H2,1H3. The van der Waals surface area contributed by atoms with Crippen LogP contribution in [0.4, 0.5) is 5.69 Å². The Labute approximate surface area is 130 Å². The first-order chi connectivity index (χ1) is 10.6. The lowest BCUT2D eigenvalue weighted by Crippen LogP contribution is -2.40. The van der Waals surface area contributed by atoms with Crippen molar-refractivity contribution >= 4 is 17.5 Å². The van der Waals surface area contributed by atoms with Crippen LogP contribution < -0.4 is 9.64 Å². The van der Waals surface area contributed by atoms with Gasteiger partial charge in [0, 0.05) is 26.1 Å². The van der Waals surface area contributed by atoms with Crippen LogP contribution in [0.25, 0.3) is 0 Å². The molecule has 0 unspecified atom stereocenters. The number of nitrogens with zero attached hydrogens (tertiary/aromatic N) is 2. The van der Waals surface area contributed by atoms with Crippen molar-refractivity contribution in [3.05, 3.63) is 23.8 Å². The molecule has 2 heterocycles. The van der Waals surface area contributed by atoms with Crippen LogP contribution in [0.5, 0.6) is 5.75 Å². The van der Waals surface area contributed by atoms with Crippen LogP contribution >= 0.6 is 0 Å². The van der Waals surface area contributed by atoms with E-state index in [2.05, 4.69) is 0 Å². The van der Waals surface area contributed by atoms with E-state index in [9.17, 15) is 9.59 Å². The van der Waals surface area contributed by atoms with Gasteiger partial charge in [0.1, 0.15) is 5.75 Å². The first-order valence-corrected chi connectivity index (χ1v) is 7.97. The molecule has 0 saturated carbocycles. The summed E-state index contributed by atoms with van der Waals surface area (Å²) in [5.41, 5.74) is 1.92. The van der Waals surface area contributed by atoms with Gasteiger partial charge < -0.3 is 14.5 Å². The molecule has 0 spiro atoms. The van der Waals surface area contributed by atoms with E-state index in [0.717, 1.165) is 42.9 Å². The quantitative estimate of drug-likeness (QED) is 0.856. The summed E-state index contributed by atoms with van der Waals surface area (Å²) in [6.45, 7) is 4.42. The number of fused-ring (bicyclic) bond motifs is 1. The average molecular weight is 302 g/mol. The third kappa shape index (κ3) is 3.08. The van der Waals surface area contributed by atoms with Gasteiger partial charge in [-0.1, -0.05) is 6.07 Å². The van der Waals surface area contributed by atoms with Crippen molar-refractivity contribution in [2.75, 3.05) is 31.1 Å². The number of hydrogen-bond donors (Lipinski definition) is 0. The molecule has 2 amide bonds. The molecule has 22 heavy (non-hydrogen) atoms. The molecule has 0 aromatic heterocycles.